The zero-order valence-electron chi connectivity index (χ0n) is 19.6. The maximum atomic E-state index is 13.2. The van der Waals surface area contributed by atoms with E-state index in [1.165, 1.54) is 4.31 Å². The lowest BCUT2D eigenvalue weighted by molar-refractivity contribution is -0.126. The molecule has 1 atom stereocenters. The van der Waals surface area contributed by atoms with Gasteiger partial charge in [0.25, 0.3) is 0 Å². The summed E-state index contributed by atoms with van der Waals surface area (Å²) in [7, 11) is 1.04. The van der Waals surface area contributed by atoms with Gasteiger partial charge in [-0.2, -0.15) is 4.31 Å². The van der Waals surface area contributed by atoms with Crippen molar-refractivity contribution in [2.75, 3.05) is 41.0 Å². The Bertz CT molecular complexity index is 1090. The molecule has 1 amide bonds. The fourth-order valence-corrected chi connectivity index (χ4v) is 5.66. The van der Waals surface area contributed by atoms with Gasteiger partial charge in [-0.3, -0.25) is 4.79 Å². The maximum Gasteiger partial charge on any atom is 0.243 e. The Labute approximate surface area is 195 Å². The molecule has 1 N–H and O–H groups in total. The fourth-order valence-electron chi connectivity index (χ4n) is 4.05. The third-order valence-corrected chi connectivity index (χ3v) is 7.78. The third kappa shape index (κ3) is 5.78. The van der Waals surface area contributed by atoms with Gasteiger partial charge >= 0.3 is 0 Å². The number of sulfonamides is 1. The molecule has 33 heavy (non-hydrogen) atoms. The lowest BCUT2D eigenvalue weighted by atomic mass is 9.99. The van der Waals surface area contributed by atoms with Gasteiger partial charge in [0.2, 0.25) is 15.9 Å². The van der Waals surface area contributed by atoms with E-state index in [1.807, 2.05) is 25.1 Å². The Morgan fingerprint density at radius 3 is 2.39 bits per heavy atom. The van der Waals surface area contributed by atoms with Crippen LogP contribution in [-0.2, 0) is 21.2 Å². The molecule has 0 saturated carbocycles. The van der Waals surface area contributed by atoms with E-state index < -0.39 is 10.0 Å². The summed E-state index contributed by atoms with van der Waals surface area (Å²) in [5.41, 5.74) is 1.76. The van der Waals surface area contributed by atoms with Gasteiger partial charge in [-0.05, 0) is 67.6 Å². The third-order valence-electron chi connectivity index (χ3n) is 5.92. The van der Waals surface area contributed by atoms with Crippen LogP contribution in [0.1, 0.15) is 24.0 Å². The highest BCUT2D eigenvalue weighted by molar-refractivity contribution is 7.89. The number of ether oxygens (including phenoxy) is 3. The minimum absolute atomic E-state index is 0.124. The van der Waals surface area contributed by atoms with Gasteiger partial charge in [0, 0.05) is 19.6 Å². The van der Waals surface area contributed by atoms with Crippen molar-refractivity contribution >= 4 is 15.9 Å². The fraction of sp³-hybridized carbons (Fsp3) is 0.458. The van der Waals surface area contributed by atoms with E-state index in [0.717, 1.165) is 11.1 Å². The number of benzene rings is 2. The van der Waals surface area contributed by atoms with Crippen LogP contribution in [0, 0.1) is 12.8 Å². The summed E-state index contributed by atoms with van der Waals surface area (Å²) in [6.45, 7) is 2.84. The number of nitrogens with one attached hydrogen (secondary N) is 1. The largest absolute Gasteiger partial charge is 0.496 e. The Hall–Kier alpha value is -2.78. The van der Waals surface area contributed by atoms with E-state index in [2.05, 4.69) is 5.32 Å². The Morgan fingerprint density at radius 2 is 1.73 bits per heavy atom. The minimum Gasteiger partial charge on any atom is -0.496 e. The van der Waals surface area contributed by atoms with Gasteiger partial charge in [0.15, 0.2) is 11.5 Å². The number of rotatable bonds is 9. The number of hydrogen-bond donors (Lipinski definition) is 1. The molecule has 0 aromatic heterocycles. The SMILES string of the molecule is COc1ccc(S(=O)(=O)N2CCC[C@@H](C(=O)NCCc3ccc(OC)c(OC)c3)C2)cc1C. The molecule has 1 saturated heterocycles. The monoisotopic (exact) mass is 476 g/mol. The van der Waals surface area contributed by atoms with Crippen LogP contribution in [0.4, 0.5) is 0 Å². The molecule has 9 heteroatoms. The first-order chi connectivity index (χ1) is 15.8. The molecule has 1 aliphatic rings. The van der Waals surface area contributed by atoms with Crippen LogP contribution < -0.4 is 19.5 Å². The number of carbonyl (C=O) groups excluding carboxylic acids is 1. The Kier molecular flexibility index (Phi) is 8.20. The zero-order chi connectivity index (χ0) is 24.0. The van der Waals surface area contributed by atoms with E-state index >= 15 is 0 Å². The molecule has 0 bridgehead atoms. The van der Waals surface area contributed by atoms with Gasteiger partial charge < -0.3 is 19.5 Å². The summed E-state index contributed by atoms with van der Waals surface area (Å²) in [6.07, 6.45) is 1.93. The van der Waals surface area contributed by atoms with E-state index in [9.17, 15) is 13.2 Å². The summed E-state index contributed by atoms with van der Waals surface area (Å²) in [5.74, 6) is 1.43. The molecule has 180 valence electrons. The van der Waals surface area contributed by atoms with Crippen molar-refractivity contribution in [2.24, 2.45) is 5.92 Å². The first-order valence-electron chi connectivity index (χ1n) is 10.9. The molecular formula is C24H32N2O6S. The Balaban J connectivity index is 1.59. The lowest BCUT2D eigenvalue weighted by Gasteiger charge is -2.31. The first-order valence-corrected chi connectivity index (χ1v) is 12.4. The molecule has 3 rings (SSSR count). The minimum atomic E-state index is -3.68. The van der Waals surface area contributed by atoms with Crippen molar-refractivity contribution in [3.8, 4) is 17.2 Å². The molecule has 0 aliphatic carbocycles. The van der Waals surface area contributed by atoms with E-state index in [4.69, 9.17) is 14.2 Å². The van der Waals surface area contributed by atoms with Crippen LogP contribution in [0.2, 0.25) is 0 Å². The van der Waals surface area contributed by atoms with Gasteiger partial charge in [0.05, 0.1) is 32.1 Å². The normalized spacial score (nSPS) is 16.8. The topological polar surface area (TPSA) is 94.2 Å². The van der Waals surface area contributed by atoms with Crippen LogP contribution in [0.25, 0.3) is 0 Å². The van der Waals surface area contributed by atoms with Crippen LogP contribution in [0.5, 0.6) is 17.2 Å². The maximum absolute atomic E-state index is 13.2. The summed E-state index contributed by atoms with van der Waals surface area (Å²) >= 11 is 0. The predicted molar refractivity (Wildman–Crippen MR) is 125 cm³/mol. The van der Waals surface area contributed by atoms with E-state index in [1.54, 1.807) is 39.5 Å². The van der Waals surface area contributed by atoms with Crippen molar-refractivity contribution in [3.63, 3.8) is 0 Å². The molecule has 0 spiro atoms. The lowest BCUT2D eigenvalue weighted by Crippen LogP contribution is -2.45. The summed E-state index contributed by atoms with van der Waals surface area (Å²) in [6, 6.07) is 10.5. The average molecular weight is 477 g/mol. The molecule has 1 heterocycles. The standard InChI is InChI=1S/C24H32N2O6S/c1-17-14-20(8-10-21(17)30-2)33(28,29)26-13-5-6-19(16-26)24(27)25-12-11-18-7-9-22(31-3)23(15-18)32-4/h7-10,14-15,19H,5-6,11-13,16H2,1-4H3,(H,25,27)/t19-/m1/s1. The van der Waals surface area contributed by atoms with Crippen molar-refractivity contribution in [1.29, 1.82) is 0 Å². The van der Waals surface area contributed by atoms with Crippen molar-refractivity contribution < 1.29 is 27.4 Å². The molecule has 0 radical (unpaired) electrons. The number of methoxy groups -OCH3 is 3. The highest BCUT2D eigenvalue weighted by Crippen LogP contribution is 2.28. The van der Waals surface area contributed by atoms with Crippen molar-refractivity contribution in [2.45, 2.75) is 31.1 Å². The second kappa shape index (κ2) is 10.9. The van der Waals surface area contributed by atoms with Crippen LogP contribution in [-0.4, -0.2) is 59.6 Å². The quantitative estimate of drug-likeness (QED) is 0.598. The van der Waals surface area contributed by atoms with E-state index in [-0.39, 0.29) is 23.3 Å². The predicted octanol–water partition coefficient (Wildman–Crippen LogP) is 2.78. The summed E-state index contributed by atoms with van der Waals surface area (Å²) in [5, 5.41) is 2.95. The number of hydrogen-bond acceptors (Lipinski definition) is 6. The second-order valence-electron chi connectivity index (χ2n) is 8.06. The van der Waals surface area contributed by atoms with Crippen molar-refractivity contribution in [1.82, 2.24) is 9.62 Å². The van der Waals surface area contributed by atoms with Gasteiger partial charge in [-0.15, -0.1) is 0 Å². The van der Waals surface area contributed by atoms with Crippen molar-refractivity contribution in [3.05, 3.63) is 47.5 Å². The average Bonchev–Trinajstić information content (AvgIpc) is 2.83. The number of aryl methyl sites for hydroxylation is 1. The highest BCUT2D eigenvalue weighted by Gasteiger charge is 2.33. The molecule has 1 fully saturated rings. The Morgan fingerprint density at radius 1 is 1.03 bits per heavy atom. The highest BCUT2D eigenvalue weighted by atomic mass is 32.2. The van der Waals surface area contributed by atoms with Gasteiger partial charge in [0.1, 0.15) is 5.75 Å². The van der Waals surface area contributed by atoms with Gasteiger partial charge in [-0.1, -0.05) is 6.07 Å². The molecule has 1 aliphatic heterocycles. The van der Waals surface area contributed by atoms with Crippen LogP contribution >= 0.6 is 0 Å². The summed E-state index contributed by atoms with van der Waals surface area (Å²) in [4.78, 5) is 13.0. The molecule has 2 aromatic rings. The number of piperidine rings is 1. The zero-order valence-corrected chi connectivity index (χ0v) is 20.4. The second-order valence-corrected chi connectivity index (χ2v) is 10.0. The molecule has 8 nitrogen and oxygen atoms in total. The summed E-state index contributed by atoms with van der Waals surface area (Å²) < 4.78 is 43.5. The molecular weight excluding hydrogens is 444 g/mol. The van der Waals surface area contributed by atoms with E-state index in [0.29, 0.717) is 49.6 Å². The van der Waals surface area contributed by atoms with Crippen LogP contribution in [0.15, 0.2) is 41.3 Å². The number of carbonyl (C=O) groups is 1. The number of amides is 1. The molecule has 2 aromatic carbocycles. The first kappa shape index (κ1) is 24.9. The molecule has 0 unspecified atom stereocenters. The number of nitrogens with zero attached hydrogens (tertiary/aromatic N) is 1. The van der Waals surface area contributed by atoms with Crippen LogP contribution in [0.3, 0.4) is 0 Å². The smallest absolute Gasteiger partial charge is 0.243 e. The van der Waals surface area contributed by atoms with Gasteiger partial charge in [-0.25, -0.2) is 8.42 Å².